The van der Waals surface area contributed by atoms with Gasteiger partial charge in [-0.1, -0.05) is 22.4 Å². The Morgan fingerprint density at radius 1 is 1.22 bits per heavy atom. The van der Waals surface area contributed by atoms with E-state index in [0.717, 1.165) is 24.0 Å². The molecule has 18 heavy (non-hydrogen) atoms. The van der Waals surface area contributed by atoms with Crippen LogP contribution in [0.25, 0.3) is 0 Å². The van der Waals surface area contributed by atoms with E-state index in [-0.39, 0.29) is 5.82 Å². The molecule has 2 bridgehead atoms. The molecule has 3 unspecified atom stereocenters. The summed E-state index contributed by atoms with van der Waals surface area (Å²) in [5, 5.41) is 0.662. The Balaban J connectivity index is 1.61. The number of hydrogen-bond donors (Lipinski definition) is 0. The van der Waals surface area contributed by atoms with Crippen LogP contribution in [0.4, 0.5) is 4.39 Å². The van der Waals surface area contributed by atoms with Crippen LogP contribution in [0.1, 0.15) is 31.2 Å². The fourth-order valence-electron chi connectivity index (χ4n) is 3.57. The Hall–Kier alpha value is -0.570. The van der Waals surface area contributed by atoms with Gasteiger partial charge >= 0.3 is 0 Å². The molecule has 0 aromatic heterocycles. The van der Waals surface area contributed by atoms with Crippen LogP contribution >= 0.6 is 15.9 Å². The molecule has 2 aliphatic carbocycles. The van der Waals surface area contributed by atoms with Crippen LogP contribution in [-0.2, 0) is 5.33 Å². The second-order valence-corrected chi connectivity index (χ2v) is 6.24. The summed E-state index contributed by atoms with van der Waals surface area (Å²) in [4.78, 5) is 0. The number of rotatable bonds is 4. The van der Waals surface area contributed by atoms with Crippen LogP contribution in [0.15, 0.2) is 18.2 Å². The highest BCUT2D eigenvalue weighted by molar-refractivity contribution is 9.08. The molecule has 0 N–H and O–H groups in total. The molecule has 1 nitrogen and oxygen atoms in total. The lowest BCUT2D eigenvalue weighted by molar-refractivity contribution is 0.194. The average Bonchev–Trinajstić information content (AvgIpc) is 2.97. The molecule has 3 atom stereocenters. The summed E-state index contributed by atoms with van der Waals surface area (Å²) in [6.07, 6.45) is 5.48. The highest BCUT2D eigenvalue weighted by Crippen LogP contribution is 2.48. The van der Waals surface area contributed by atoms with Crippen LogP contribution in [0.2, 0.25) is 0 Å². The first-order valence-electron chi connectivity index (χ1n) is 6.73. The molecule has 2 saturated carbocycles. The fraction of sp³-hybridized carbons (Fsp3) is 0.600. The molecule has 0 saturated heterocycles. The lowest BCUT2D eigenvalue weighted by Crippen LogP contribution is -2.18. The van der Waals surface area contributed by atoms with Gasteiger partial charge in [0, 0.05) is 11.4 Å². The van der Waals surface area contributed by atoms with E-state index < -0.39 is 0 Å². The molecule has 0 amide bonds. The topological polar surface area (TPSA) is 9.23 Å². The van der Waals surface area contributed by atoms with Crippen molar-refractivity contribution in [1.29, 1.82) is 0 Å². The second-order valence-electron chi connectivity index (χ2n) is 5.67. The lowest BCUT2D eigenvalue weighted by Gasteiger charge is -2.21. The van der Waals surface area contributed by atoms with Crippen molar-refractivity contribution in [2.24, 2.45) is 17.8 Å². The number of hydrogen-bond acceptors (Lipinski definition) is 1. The zero-order valence-electron chi connectivity index (χ0n) is 10.4. The summed E-state index contributed by atoms with van der Waals surface area (Å²) >= 11 is 3.35. The predicted molar refractivity (Wildman–Crippen MR) is 73.5 cm³/mol. The highest BCUT2D eigenvalue weighted by Gasteiger charge is 2.39. The van der Waals surface area contributed by atoms with Gasteiger partial charge in [-0.05, 0) is 54.7 Å². The van der Waals surface area contributed by atoms with Crippen molar-refractivity contribution in [1.82, 2.24) is 0 Å². The number of halogens is 2. The van der Waals surface area contributed by atoms with Gasteiger partial charge in [-0.25, -0.2) is 4.39 Å². The maximum Gasteiger partial charge on any atom is 0.127 e. The minimum absolute atomic E-state index is 0.213. The summed E-state index contributed by atoms with van der Waals surface area (Å²) in [5.41, 5.74) is 0.929. The first kappa shape index (κ1) is 12.5. The number of ether oxygens (including phenoxy) is 1. The van der Waals surface area contributed by atoms with Gasteiger partial charge in [0.05, 0.1) is 6.61 Å². The van der Waals surface area contributed by atoms with Crippen LogP contribution < -0.4 is 4.74 Å². The Labute approximate surface area is 116 Å². The third kappa shape index (κ3) is 2.56. The van der Waals surface area contributed by atoms with Gasteiger partial charge in [-0.3, -0.25) is 0 Å². The maximum absolute atomic E-state index is 13.4. The van der Waals surface area contributed by atoms with Gasteiger partial charge in [-0.2, -0.15) is 0 Å². The molecule has 3 heteroatoms. The van der Waals surface area contributed by atoms with E-state index in [9.17, 15) is 4.39 Å². The monoisotopic (exact) mass is 312 g/mol. The Kier molecular flexibility index (Phi) is 3.60. The van der Waals surface area contributed by atoms with E-state index in [1.807, 2.05) is 6.07 Å². The third-order valence-electron chi connectivity index (χ3n) is 4.43. The first-order chi connectivity index (χ1) is 8.74. The molecule has 3 rings (SSSR count). The first-order valence-corrected chi connectivity index (χ1v) is 7.85. The lowest BCUT2D eigenvalue weighted by atomic mass is 9.89. The fourth-order valence-corrected chi connectivity index (χ4v) is 3.89. The quantitative estimate of drug-likeness (QED) is 0.742. The largest absolute Gasteiger partial charge is 0.493 e. The van der Waals surface area contributed by atoms with E-state index >= 15 is 0 Å². The molecular weight excluding hydrogens is 295 g/mol. The Morgan fingerprint density at radius 2 is 2.11 bits per heavy atom. The molecular formula is C15H18BrFO. The molecule has 2 aliphatic rings. The van der Waals surface area contributed by atoms with Crippen molar-refractivity contribution >= 4 is 15.9 Å². The molecule has 2 fully saturated rings. The van der Waals surface area contributed by atoms with Crippen molar-refractivity contribution in [2.75, 3.05) is 6.61 Å². The number of benzene rings is 1. The summed E-state index contributed by atoms with van der Waals surface area (Å²) in [6.45, 7) is 0.756. The van der Waals surface area contributed by atoms with Gasteiger partial charge in [0.15, 0.2) is 0 Å². The summed E-state index contributed by atoms with van der Waals surface area (Å²) in [6, 6.07) is 4.95. The molecule has 1 aromatic rings. The minimum Gasteiger partial charge on any atom is -0.493 e. The zero-order valence-corrected chi connectivity index (χ0v) is 12.0. The van der Waals surface area contributed by atoms with Gasteiger partial charge < -0.3 is 4.74 Å². The van der Waals surface area contributed by atoms with Gasteiger partial charge in [0.2, 0.25) is 0 Å². The summed E-state index contributed by atoms with van der Waals surface area (Å²) in [7, 11) is 0. The summed E-state index contributed by atoms with van der Waals surface area (Å²) in [5.74, 6) is 2.95. The predicted octanol–water partition coefficient (Wildman–Crippen LogP) is 4.54. The third-order valence-corrected chi connectivity index (χ3v) is 5.08. The van der Waals surface area contributed by atoms with Crippen LogP contribution in [-0.4, -0.2) is 6.61 Å². The highest BCUT2D eigenvalue weighted by atomic mass is 79.9. The van der Waals surface area contributed by atoms with Crippen LogP contribution in [0, 0.1) is 23.6 Å². The van der Waals surface area contributed by atoms with Gasteiger partial charge in [0.25, 0.3) is 0 Å². The smallest absolute Gasteiger partial charge is 0.127 e. The van der Waals surface area contributed by atoms with Gasteiger partial charge in [-0.15, -0.1) is 0 Å². The molecule has 0 heterocycles. The van der Waals surface area contributed by atoms with E-state index in [0.29, 0.717) is 17.0 Å². The SMILES string of the molecule is Fc1cc(CBr)cc(OCC2CC3CCC2C3)c1. The van der Waals surface area contributed by atoms with Crippen LogP contribution in [0.3, 0.4) is 0 Å². The Bertz CT molecular complexity index is 435. The average molecular weight is 313 g/mol. The second kappa shape index (κ2) is 5.20. The van der Waals surface area contributed by atoms with Crippen LogP contribution in [0.5, 0.6) is 5.75 Å². The van der Waals surface area contributed by atoms with E-state index in [4.69, 9.17) is 4.74 Å². The number of alkyl halides is 1. The molecule has 0 radical (unpaired) electrons. The molecule has 98 valence electrons. The van der Waals surface area contributed by atoms with Crippen molar-refractivity contribution in [2.45, 2.75) is 31.0 Å². The number of fused-ring (bicyclic) bond motifs is 2. The van der Waals surface area contributed by atoms with Crippen molar-refractivity contribution in [3.8, 4) is 5.75 Å². The van der Waals surface area contributed by atoms with E-state index in [2.05, 4.69) is 15.9 Å². The maximum atomic E-state index is 13.4. The van der Waals surface area contributed by atoms with Crippen molar-refractivity contribution < 1.29 is 9.13 Å². The van der Waals surface area contributed by atoms with E-state index in [1.54, 1.807) is 6.07 Å². The van der Waals surface area contributed by atoms with Crippen molar-refractivity contribution in [3.05, 3.63) is 29.6 Å². The Morgan fingerprint density at radius 3 is 2.78 bits per heavy atom. The molecule has 0 spiro atoms. The van der Waals surface area contributed by atoms with E-state index in [1.165, 1.54) is 31.7 Å². The molecule has 1 aromatic carbocycles. The standard InChI is InChI=1S/C15H18BrFO/c16-8-11-5-14(17)7-15(6-11)18-9-13-4-10-1-2-12(13)3-10/h5-7,10,12-13H,1-4,8-9H2. The summed E-state index contributed by atoms with van der Waals surface area (Å²) < 4.78 is 19.2. The van der Waals surface area contributed by atoms with Crippen molar-refractivity contribution in [3.63, 3.8) is 0 Å². The normalized spacial score (nSPS) is 29.8. The minimum atomic E-state index is -0.213. The van der Waals surface area contributed by atoms with Gasteiger partial charge in [0.1, 0.15) is 11.6 Å². The molecule has 0 aliphatic heterocycles. The zero-order chi connectivity index (χ0) is 12.5.